The van der Waals surface area contributed by atoms with E-state index in [9.17, 15) is 13.2 Å². The van der Waals surface area contributed by atoms with Crippen LogP contribution in [0.2, 0.25) is 5.02 Å². The maximum Gasteiger partial charge on any atom is 0.261 e. The van der Waals surface area contributed by atoms with Gasteiger partial charge in [-0.1, -0.05) is 67.9 Å². The molecule has 33 heavy (non-hydrogen) atoms. The third-order valence-corrected chi connectivity index (χ3v) is 7.06. The Balaban J connectivity index is 1.73. The van der Waals surface area contributed by atoms with E-state index in [0.717, 1.165) is 30.8 Å². The maximum absolute atomic E-state index is 12.8. The predicted molar refractivity (Wildman–Crippen MR) is 133 cm³/mol. The number of anilines is 1. The average molecular weight is 486 g/mol. The zero-order valence-electron chi connectivity index (χ0n) is 18.7. The molecule has 3 aromatic carbocycles. The normalized spacial score (nSPS) is 11.4. The zero-order valence-corrected chi connectivity index (χ0v) is 20.3. The summed E-state index contributed by atoms with van der Waals surface area (Å²) in [7, 11) is -3.90. The lowest BCUT2D eigenvalue weighted by Gasteiger charge is -2.20. The number of carbonyl (C=O) groups excluding carboxylic acids is 1. The number of rotatable bonds is 10. The van der Waals surface area contributed by atoms with E-state index in [1.807, 2.05) is 18.2 Å². The first-order valence-corrected chi connectivity index (χ1v) is 12.6. The van der Waals surface area contributed by atoms with Crippen molar-refractivity contribution in [2.45, 2.75) is 31.8 Å². The summed E-state index contributed by atoms with van der Waals surface area (Å²) in [6, 6.07) is 20.5. The molecule has 0 bridgehead atoms. The zero-order chi connectivity index (χ0) is 23.8. The van der Waals surface area contributed by atoms with Crippen LogP contribution in [-0.4, -0.2) is 32.3 Å². The van der Waals surface area contributed by atoms with Gasteiger partial charge >= 0.3 is 0 Å². The minimum absolute atomic E-state index is 0.0167. The predicted octanol–water partition coefficient (Wildman–Crippen LogP) is 4.91. The highest BCUT2D eigenvalue weighted by atomic mass is 35.5. The Hall–Kier alpha value is -2.87. The number of hydrogen-bond donors (Lipinski definition) is 2. The molecule has 0 fully saturated rings. The van der Waals surface area contributed by atoms with Crippen LogP contribution >= 0.6 is 11.6 Å². The third kappa shape index (κ3) is 6.57. The molecular weight excluding hydrogens is 458 g/mol. The van der Waals surface area contributed by atoms with Crippen LogP contribution in [-0.2, 0) is 23.1 Å². The number of amides is 1. The molecule has 0 atom stereocenters. The first-order valence-electron chi connectivity index (χ1n) is 10.8. The van der Waals surface area contributed by atoms with E-state index >= 15 is 0 Å². The van der Waals surface area contributed by atoms with Gasteiger partial charge in [0, 0.05) is 18.7 Å². The number of nitrogens with zero attached hydrogens (tertiary/aromatic N) is 1. The molecule has 0 aliphatic rings. The van der Waals surface area contributed by atoms with Gasteiger partial charge < -0.3 is 5.32 Å². The van der Waals surface area contributed by atoms with Gasteiger partial charge in [-0.15, -0.1) is 0 Å². The molecule has 0 heterocycles. The fraction of sp³-hybridized carbons (Fsp3) is 0.240. The van der Waals surface area contributed by atoms with Gasteiger partial charge in [0.15, 0.2) is 0 Å². The number of nitrogens with one attached hydrogen (secondary N) is 2. The van der Waals surface area contributed by atoms with Crippen LogP contribution < -0.4 is 10.0 Å². The van der Waals surface area contributed by atoms with Crippen LogP contribution in [0.15, 0.2) is 77.7 Å². The lowest BCUT2D eigenvalue weighted by molar-refractivity contribution is 0.0950. The summed E-state index contributed by atoms with van der Waals surface area (Å²) in [5.41, 5.74) is 2.72. The van der Waals surface area contributed by atoms with Crippen molar-refractivity contribution >= 4 is 33.2 Å². The van der Waals surface area contributed by atoms with E-state index in [2.05, 4.69) is 34.9 Å². The Morgan fingerprint density at radius 3 is 2.27 bits per heavy atom. The van der Waals surface area contributed by atoms with Gasteiger partial charge in [-0.2, -0.15) is 0 Å². The number of benzene rings is 3. The van der Waals surface area contributed by atoms with Crippen LogP contribution in [0.4, 0.5) is 5.69 Å². The number of halogens is 1. The molecule has 2 N–H and O–H groups in total. The van der Waals surface area contributed by atoms with Gasteiger partial charge in [-0.25, -0.2) is 8.42 Å². The van der Waals surface area contributed by atoms with Gasteiger partial charge in [0.1, 0.15) is 0 Å². The molecular formula is C25H28ClN3O3S. The van der Waals surface area contributed by atoms with Crippen LogP contribution in [0, 0.1) is 0 Å². The molecule has 174 valence electrons. The highest BCUT2D eigenvalue weighted by molar-refractivity contribution is 7.92. The van der Waals surface area contributed by atoms with Gasteiger partial charge in [-0.3, -0.25) is 14.4 Å². The standard InChI is InChI=1S/C25H28ClN3O3S/c1-3-29(4-2)18-21-11-6-5-10-20(21)17-27-25(30)19-12-9-13-22(16-19)33(31,32)28-24-15-8-7-14-23(24)26/h5-16,28H,3-4,17-18H2,1-2H3,(H,27,30). The van der Waals surface area contributed by atoms with Crippen molar-refractivity contribution in [3.63, 3.8) is 0 Å². The quantitative estimate of drug-likeness (QED) is 0.427. The highest BCUT2D eigenvalue weighted by Crippen LogP contribution is 2.24. The molecule has 0 spiro atoms. The second-order valence-electron chi connectivity index (χ2n) is 7.53. The molecule has 0 aliphatic heterocycles. The van der Waals surface area contributed by atoms with E-state index in [-0.39, 0.29) is 22.1 Å². The van der Waals surface area contributed by atoms with Crippen molar-refractivity contribution in [3.8, 4) is 0 Å². The Morgan fingerprint density at radius 2 is 1.58 bits per heavy atom. The lowest BCUT2D eigenvalue weighted by Crippen LogP contribution is -2.26. The molecule has 1 amide bonds. The van der Waals surface area contributed by atoms with Crippen molar-refractivity contribution in [2.75, 3.05) is 17.8 Å². The average Bonchev–Trinajstić information content (AvgIpc) is 2.83. The Labute approximate surface area is 200 Å². The topological polar surface area (TPSA) is 78.5 Å². The molecule has 0 aromatic heterocycles. The van der Waals surface area contributed by atoms with E-state index < -0.39 is 10.0 Å². The summed E-state index contributed by atoms with van der Waals surface area (Å²) in [5.74, 6) is -0.345. The number of para-hydroxylation sites is 1. The van der Waals surface area contributed by atoms with Crippen LogP contribution in [0.3, 0.4) is 0 Å². The van der Waals surface area contributed by atoms with Crippen molar-refractivity contribution < 1.29 is 13.2 Å². The van der Waals surface area contributed by atoms with Crippen molar-refractivity contribution in [1.29, 1.82) is 0 Å². The minimum Gasteiger partial charge on any atom is -0.348 e. The lowest BCUT2D eigenvalue weighted by atomic mass is 10.1. The van der Waals surface area contributed by atoms with Gasteiger partial charge in [0.25, 0.3) is 15.9 Å². The SMILES string of the molecule is CCN(CC)Cc1ccccc1CNC(=O)c1cccc(S(=O)(=O)Nc2ccccc2Cl)c1. The number of hydrogen-bond acceptors (Lipinski definition) is 4. The Morgan fingerprint density at radius 1 is 0.909 bits per heavy atom. The molecule has 6 nitrogen and oxygen atoms in total. The second-order valence-corrected chi connectivity index (χ2v) is 9.62. The Bertz CT molecular complexity index is 1210. The summed E-state index contributed by atoms with van der Waals surface area (Å²) >= 11 is 6.07. The second kappa shape index (κ2) is 11.3. The maximum atomic E-state index is 12.8. The van der Waals surface area contributed by atoms with Crippen LogP contribution in [0.1, 0.15) is 35.3 Å². The first-order chi connectivity index (χ1) is 15.8. The Kier molecular flexibility index (Phi) is 8.49. The van der Waals surface area contributed by atoms with E-state index in [4.69, 9.17) is 11.6 Å². The number of carbonyl (C=O) groups is 1. The minimum atomic E-state index is -3.90. The van der Waals surface area contributed by atoms with E-state index in [1.165, 1.54) is 12.1 Å². The first kappa shape index (κ1) is 24.8. The molecule has 0 aliphatic carbocycles. The summed E-state index contributed by atoms with van der Waals surface area (Å²) in [6.07, 6.45) is 0. The van der Waals surface area contributed by atoms with Crippen molar-refractivity contribution in [3.05, 3.63) is 94.5 Å². The molecule has 8 heteroatoms. The van der Waals surface area contributed by atoms with Crippen molar-refractivity contribution in [1.82, 2.24) is 10.2 Å². The summed E-state index contributed by atoms with van der Waals surface area (Å²) in [6.45, 7) is 7.29. The molecule has 3 aromatic rings. The van der Waals surface area contributed by atoms with E-state index in [1.54, 1.807) is 36.4 Å². The monoisotopic (exact) mass is 485 g/mol. The fourth-order valence-corrected chi connectivity index (χ4v) is 4.77. The van der Waals surface area contributed by atoms with Gasteiger partial charge in [0.2, 0.25) is 0 Å². The molecule has 0 saturated carbocycles. The summed E-state index contributed by atoms with van der Waals surface area (Å²) in [4.78, 5) is 15.1. The largest absolute Gasteiger partial charge is 0.348 e. The summed E-state index contributed by atoms with van der Waals surface area (Å²) in [5, 5.41) is 3.20. The van der Waals surface area contributed by atoms with Crippen molar-refractivity contribution in [2.24, 2.45) is 0 Å². The summed E-state index contributed by atoms with van der Waals surface area (Å²) < 4.78 is 28.1. The molecule has 0 radical (unpaired) electrons. The van der Waals surface area contributed by atoms with E-state index in [0.29, 0.717) is 11.6 Å². The highest BCUT2D eigenvalue weighted by Gasteiger charge is 2.18. The molecule has 0 saturated heterocycles. The van der Waals surface area contributed by atoms with Gasteiger partial charge in [0.05, 0.1) is 15.6 Å². The third-order valence-electron chi connectivity index (χ3n) is 5.37. The van der Waals surface area contributed by atoms with Gasteiger partial charge in [-0.05, 0) is 54.5 Å². The number of sulfonamides is 1. The fourth-order valence-electron chi connectivity index (χ4n) is 3.40. The molecule has 0 unspecified atom stereocenters. The smallest absolute Gasteiger partial charge is 0.261 e. The van der Waals surface area contributed by atoms with Crippen LogP contribution in [0.25, 0.3) is 0 Å². The molecule has 3 rings (SSSR count). The van der Waals surface area contributed by atoms with Crippen LogP contribution in [0.5, 0.6) is 0 Å².